The van der Waals surface area contributed by atoms with E-state index in [0.717, 1.165) is 29.2 Å². The predicted molar refractivity (Wildman–Crippen MR) is 70.6 cm³/mol. The fourth-order valence-electron chi connectivity index (χ4n) is 1.05. The molecule has 1 aromatic heterocycles. The third kappa shape index (κ3) is 4.38. The summed E-state index contributed by atoms with van der Waals surface area (Å²) in [6, 6.07) is 1.91. The second kappa shape index (κ2) is 6.33. The normalized spacial score (nSPS) is 12.5. The number of hydrogen-bond acceptors (Lipinski definition) is 4. The molecule has 15 heavy (non-hydrogen) atoms. The first-order chi connectivity index (χ1) is 7.15. The van der Waals surface area contributed by atoms with Crippen molar-refractivity contribution in [2.75, 3.05) is 18.1 Å². The summed E-state index contributed by atoms with van der Waals surface area (Å²) >= 11 is 5.22. The van der Waals surface area contributed by atoms with Crippen molar-refractivity contribution in [2.45, 2.75) is 25.5 Å². The number of hydrogen-bond donors (Lipinski definition) is 1. The molecule has 0 fully saturated rings. The van der Waals surface area contributed by atoms with Crippen LogP contribution in [0.25, 0.3) is 0 Å². The van der Waals surface area contributed by atoms with Gasteiger partial charge in [-0.2, -0.15) is 11.8 Å². The van der Waals surface area contributed by atoms with Crippen LogP contribution >= 0.6 is 27.7 Å². The van der Waals surface area contributed by atoms with Gasteiger partial charge in [-0.15, -0.1) is 0 Å². The van der Waals surface area contributed by atoms with Crippen LogP contribution in [0.4, 0.5) is 5.82 Å². The number of anilines is 1. The molecule has 0 saturated carbocycles. The molecule has 1 aromatic rings. The molecule has 0 aliphatic heterocycles. The molecule has 0 aliphatic carbocycles. The highest BCUT2D eigenvalue weighted by Crippen LogP contribution is 2.13. The molecule has 5 heteroatoms. The van der Waals surface area contributed by atoms with Gasteiger partial charge in [0.1, 0.15) is 16.2 Å². The van der Waals surface area contributed by atoms with Crippen LogP contribution in [-0.2, 0) is 6.42 Å². The van der Waals surface area contributed by atoms with Gasteiger partial charge in [0.2, 0.25) is 0 Å². The van der Waals surface area contributed by atoms with Crippen molar-refractivity contribution in [3.05, 3.63) is 16.5 Å². The lowest BCUT2D eigenvalue weighted by atomic mass is 10.4. The number of thioether (sulfide) groups is 1. The van der Waals surface area contributed by atoms with Gasteiger partial charge in [0.15, 0.2) is 0 Å². The van der Waals surface area contributed by atoms with Crippen molar-refractivity contribution in [2.24, 2.45) is 0 Å². The molecule has 1 rings (SSSR count). The summed E-state index contributed by atoms with van der Waals surface area (Å²) in [4.78, 5) is 8.66. The van der Waals surface area contributed by atoms with Crippen molar-refractivity contribution in [1.82, 2.24) is 9.97 Å². The molecule has 1 unspecified atom stereocenters. The zero-order chi connectivity index (χ0) is 11.3. The lowest BCUT2D eigenvalue weighted by molar-refractivity contribution is 0.913. The fraction of sp³-hybridized carbons (Fsp3) is 0.600. The summed E-state index contributed by atoms with van der Waals surface area (Å²) in [5.74, 6) is 1.76. The van der Waals surface area contributed by atoms with Gasteiger partial charge < -0.3 is 5.32 Å². The van der Waals surface area contributed by atoms with Crippen LogP contribution in [0, 0.1) is 0 Å². The third-order valence-corrected chi connectivity index (χ3v) is 3.41. The van der Waals surface area contributed by atoms with Gasteiger partial charge in [-0.1, -0.05) is 13.8 Å². The average Bonchev–Trinajstić information content (AvgIpc) is 2.25. The first kappa shape index (κ1) is 12.8. The quantitative estimate of drug-likeness (QED) is 0.846. The molecule has 0 saturated heterocycles. The van der Waals surface area contributed by atoms with Gasteiger partial charge in [-0.05, 0) is 22.2 Å². The molecule has 0 amide bonds. The minimum atomic E-state index is 0.587. The summed E-state index contributed by atoms with van der Waals surface area (Å²) in [5.41, 5.74) is 0. The molecule has 0 aliphatic rings. The highest BCUT2D eigenvalue weighted by atomic mass is 79.9. The zero-order valence-electron chi connectivity index (χ0n) is 9.25. The first-order valence-corrected chi connectivity index (χ1v) is 7.04. The number of nitrogens with one attached hydrogen (secondary N) is 1. The van der Waals surface area contributed by atoms with Crippen LogP contribution in [0.1, 0.15) is 19.7 Å². The Labute approximate surface area is 104 Å². The van der Waals surface area contributed by atoms with Crippen LogP contribution in [-0.4, -0.2) is 28.0 Å². The first-order valence-electron chi connectivity index (χ1n) is 4.95. The molecule has 3 nitrogen and oxygen atoms in total. The Bertz CT molecular complexity index is 320. The fourth-order valence-corrected chi connectivity index (χ4v) is 1.72. The maximum atomic E-state index is 4.40. The average molecular weight is 290 g/mol. The number of halogens is 1. The molecular weight excluding hydrogens is 274 g/mol. The van der Waals surface area contributed by atoms with E-state index in [1.165, 1.54) is 0 Å². The molecule has 0 bridgehead atoms. The molecule has 0 radical (unpaired) electrons. The zero-order valence-corrected chi connectivity index (χ0v) is 11.7. The van der Waals surface area contributed by atoms with E-state index in [1.54, 1.807) is 0 Å². The maximum absolute atomic E-state index is 4.40. The number of rotatable bonds is 5. The lowest BCUT2D eigenvalue weighted by Crippen LogP contribution is -2.14. The van der Waals surface area contributed by atoms with E-state index in [4.69, 9.17) is 0 Å². The van der Waals surface area contributed by atoms with Crippen molar-refractivity contribution >= 4 is 33.5 Å². The Morgan fingerprint density at radius 1 is 1.53 bits per heavy atom. The smallest absolute Gasteiger partial charge is 0.131 e. The summed E-state index contributed by atoms with van der Waals surface area (Å²) in [5, 5.41) is 3.90. The van der Waals surface area contributed by atoms with E-state index in [-0.39, 0.29) is 0 Å². The third-order valence-electron chi connectivity index (χ3n) is 2.03. The van der Waals surface area contributed by atoms with Crippen molar-refractivity contribution < 1.29 is 0 Å². The maximum Gasteiger partial charge on any atom is 0.131 e. The summed E-state index contributed by atoms with van der Waals surface area (Å²) < 4.78 is 0.841. The Hall–Kier alpha value is -0.290. The molecule has 1 atom stereocenters. The predicted octanol–water partition coefficient (Wildman–Crippen LogP) is 2.96. The lowest BCUT2D eigenvalue weighted by Gasteiger charge is -2.11. The molecule has 0 spiro atoms. The van der Waals surface area contributed by atoms with Gasteiger partial charge in [-0.3, -0.25) is 0 Å². The van der Waals surface area contributed by atoms with Crippen molar-refractivity contribution in [3.63, 3.8) is 0 Å². The van der Waals surface area contributed by atoms with E-state index < -0.39 is 0 Å². The molecule has 1 heterocycles. The topological polar surface area (TPSA) is 37.8 Å². The minimum Gasteiger partial charge on any atom is -0.369 e. The van der Waals surface area contributed by atoms with Gasteiger partial charge >= 0.3 is 0 Å². The van der Waals surface area contributed by atoms with Crippen LogP contribution in [0.15, 0.2) is 10.7 Å². The van der Waals surface area contributed by atoms with Crippen LogP contribution in [0.2, 0.25) is 0 Å². The Kier molecular flexibility index (Phi) is 5.39. The molecular formula is C10H16BrN3S. The van der Waals surface area contributed by atoms with Gasteiger partial charge in [0.25, 0.3) is 0 Å². The van der Waals surface area contributed by atoms with Crippen LogP contribution in [0.5, 0.6) is 0 Å². The van der Waals surface area contributed by atoms with E-state index in [2.05, 4.69) is 51.3 Å². The van der Waals surface area contributed by atoms with Gasteiger partial charge in [-0.25, -0.2) is 9.97 Å². The van der Waals surface area contributed by atoms with Gasteiger partial charge in [0.05, 0.1) is 0 Å². The Morgan fingerprint density at radius 2 is 2.27 bits per heavy atom. The Balaban J connectivity index is 2.64. The monoisotopic (exact) mass is 289 g/mol. The molecule has 84 valence electrons. The highest BCUT2D eigenvalue weighted by molar-refractivity contribution is 9.10. The van der Waals surface area contributed by atoms with E-state index in [9.17, 15) is 0 Å². The second-order valence-corrected chi connectivity index (χ2v) is 5.36. The van der Waals surface area contributed by atoms with Crippen LogP contribution in [0.3, 0.4) is 0 Å². The Morgan fingerprint density at radius 3 is 2.87 bits per heavy atom. The van der Waals surface area contributed by atoms with Gasteiger partial charge in [0, 0.05) is 24.3 Å². The summed E-state index contributed by atoms with van der Waals surface area (Å²) in [6.07, 6.45) is 2.96. The highest BCUT2D eigenvalue weighted by Gasteiger charge is 2.03. The summed E-state index contributed by atoms with van der Waals surface area (Å²) in [6.45, 7) is 5.17. The SMILES string of the molecule is CCc1nc(Br)cc(NCC(C)SC)n1. The summed E-state index contributed by atoms with van der Waals surface area (Å²) in [7, 11) is 0. The minimum absolute atomic E-state index is 0.587. The standard InChI is InChI=1S/C10H16BrN3S/c1-4-9-13-8(11)5-10(14-9)12-6-7(2)15-3/h5,7H,4,6H2,1-3H3,(H,12,13,14). The van der Waals surface area contributed by atoms with Crippen molar-refractivity contribution in [3.8, 4) is 0 Å². The largest absolute Gasteiger partial charge is 0.369 e. The van der Waals surface area contributed by atoms with Crippen LogP contribution < -0.4 is 5.32 Å². The number of nitrogens with zero attached hydrogens (tertiary/aromatic N) is 2. The molecule has 1 N–H and O–H groups in total. The molecule has 0 aromatic carbocycles. The number of aromatic nitrogens is 2. The number of aryl methyl sites for hydroxylation is 1. The van der Waals surface area contributed by atoms with Crippen molar-refractivity contribution in [1.29, 1.82) is 0 Å². The van der Waals surface area contributed by atoms with E-state index in [1.807, 2.05) is 17.8 Å². The van der Waals surface area contributed by atoms with E-state index >= 15 is 0 Å². The van der Waals surface area contributed by atoms with E-state index in [0.29, 0.717) is 5.25 Å². The second-order valence-electron chi connectivity index (χ2n) is 3.27.